The fourth-order valence-electron chi connectivity index (χ4n) is 1.95. The predicted octanol–water partition coefficient (Wildman–Crippen LogP) is 1.93. The van der Waals surface area contributed by atoms with Crippen molar-refractivity contribution in [1.29, 1.82) is 0 Å². The van der Waals surface area contributed by atoms with E-state index in [1.807, 2.05) is 30.5 Å². The molecule has 2 rings (SSSR count). The molecule has 0 aliphatic carbocycles. The van der Waals surface area contributed by atoms with Crippen LogP contribution in [0, 0.1) is 0 Å². The topological polar surface area (TPSA) is 78.0 Å². The van der Waals surface area contributed by atoms with E-state index in [4.69, 9.17) is 10.5 Å². The molecule has 2 aromatic rings. The van der Waals surface area contributed by atoms with Gasteiger partial charge in [0.1, 0.15) is 5.69 Å². The maximum absolute atomic E-state index is 5.68. The number of benzene rings is 1. The van der Waals surface area contributed by atoms with Gasteiger partial charge in [0.25, 0.3) is 0 Å². The van der Waals surface area contributed by atoms with E-state index in [0.29, 0.717) is 19.8 Å². The Hall–Kier alpha value is -1.92. The van der Waals surface area contributed by atoms with Crippen molar-refractivity contribution in [3.05, 3.63) is 30.5 Å². The van der Waals surface area contributed by atoms with Gasteiger partial charge in [-0.25, -0.2) is 4.68 Å². The minimum atomic E-state index is 0.128. The zero-order valence-electron chi connectivity index (χ0n) is 13.5. The second-order valence-corrected chi connectivity index (χ2v) is 6.28. The Kier molecular flexibility index (Phi) is 5.51. The predicted molar refractivity (Wildman–Crippen MR) is 88.4 cm³/mol. The van der Waals surface area contributed by atoms with E-state index < -0.39 is 0 Å². The Morgan fingerprint density at radius 2 is 1.91 bits per heavy atom. The monoisotopic (exact) mass is 303 g/mol. The van der Waals surface area contributed by atoms with Crippen LogP contribution in [0.15, 0.2) is 30.5 Å². The van der Waals surface area contributed by atoms with Crippen LogP contribution in [0.4, 0.5) is 5.69 Å². The van der Waals surface area contributed by atoms with Gasteiger partial charge < -0.3 is 15.8 Å². The van der Waals surface area contributed by atoms with E-state index in [1.165, 1.54) is 0 Å². The number of nitrogens with one attached hydrogen (secondary N) is 1. The zero-order chi connectivity index (χ0) is 16.0. The second kappa shape index (κ2) is 7.38. The van der Waals surface area contributed by atoms with Gasteiger partial charge in [-0.05, 0) is 32.9 Å². The van der Waals surface area contributed by atoms with E-state index in [-0.39, 0.29) is 5.54 Å². The quantitative estimate of drug-likeness (QED) is 0.603. The standard InChI is InChI=1S/C16H25N5O/c1-16(2,3)18-8-10-22-11-9-21-12-15(19-20-21)13-4-6-14(17)7-5-13/h4-7,12,18H,8-11,17H2,1-3H3. The molecule has 0 fully saturated rings. The first-order valence-electron chi connectivity index (χ1n) is 7.53. The Morgan fingerprint density at radius 1 is 1.18 bits per heavy atom. The molecular formula is C16H25N5O. The number of aromatic nitrogens is 3. The van der Waals surface area contributed by atoms with Crippen molar-refractivity contribution >= 4 is 5.69 Å². The fourth-order valence-corrected chi connectivity index (χ4v) is 1.95. The number of ether oxygens (including phenoxy) is 1. The maximum Gasteiger partial charge on any atom is 0.113 e. The molecule has 6 nitrogen and oxygen atoms in total. The molecule has 0 unspecified atom stereocenters. The molecule has 0 radical (unpaired) electrons. The molecule has 0 saturated heterocycles. The molecule has 22 heavy (non-hydrogen) atoms. The van der Waals surface area contributed by atoms with Gasteiger partial charge in [0.2, 0.25) is 0 Å². The zero-order valence-corrected chi connectivity index (χ0v) is 13.5. The van der Waals surface area contributed by atoms with Crippen LogP contribution in [0.3, 0.4) is 0 Å². The lowest BCUT2D eigenvalue weighted by Crippen LogP contribution is -2.38. The summed E-state index contributed by atoms with van der Waals surface area (Å²) in [6.07, 6.45) is 1.92. The molecule has 1 aromatic carbocycles. The van der Waals surface area contributed by atoms with Gasteiger partial charge in [-0.1, -0.05) is 17.3 Å². The van der Waals surface area contributed by atoms with Crippen LogP contribution >= 0.6 is 0 Å². The van der Waals surface area contributed by atoms with Crippen LogP contribution in [-0.4, -0.2) is 40.3 Å². The van der Waals surface area contributed by atoms with Gasteiger partial charge in [-0.3, -0.25) is 0 Å². The van der Waals surface area contributed by atoms with Gasteiger partial charge in [-0.15, -0.1) is 5.10 Å². The summed E-state index contributed by atoms with van der Waals surface area (Å²) in [6.45, 7) is 9.27. The molecule has 1 aromatic heterocycles. The summed E-state index contributed by atoms with van der Waals surface area (Å²) in [4.78, 5) is 0. The minimum absolute atomic E-state index is 0.128. The third-order valence-electron chi connectivity index (χ3n) is 3.11. The summed E-state index contributed by atoms with van der Waals surface area (Å²) in [5.41, 5.74) is 8.40. The van der Waals surface area contributed by atoms with E-state index in [0.717, 1.165) is 23.5 Å². The van der Waals surface area contributed by atoms with Crippen molar-refractivity contribution in [1.82, 2.24) is 20.3 Å². The highest BCUT2D eigenvalue weighted by molar-refractivity contribution is 5.60. The van der Waals surface area contributed by atoms with Gasteiger partial charge in [0.15, 0.2) is 0 Å². The van der Waals surface area contributed by atoms with Gasteiger partial charge >= 0.3 is 0 Å². The number of anilines is 1. The number of nitrogens with two attached hydrogens (primary N) is 1. The molecule has 0 aliphatic rings. The van der Waals surface area contributed by atoms with Gasteiger partial charge in [-0.2, -0.15) is 0 Å². The van der Waals surface area contributed by atoms with E-state index in [2.05, 4.69) is 36.4 Å². The van der Waals surface area contributed by atoms with Crippen LogP contribution in [0.25, 0.3) is 11.3 Å². The highest BCUT2D eigenvalue weighted by Crippen LogP contribution is 2.17. The second-order valence-electron chi connectivity index (χ2n) is 6.28. The Labute approximate surface area is 131 Å². The molecule has 0 aliphatic heterocycles. The molecule has 120 valence electrons. The van der Waals surface area contributed by atoms with Crippen LogP contribution in [0.1, 0.15) is 20.8 Å². The van der Waals surface area contributed by atoms with Crippen molar-refractivity contribution < 1.29 is 4.74 Å². The van der Waals surface area contributed by atoms with Crippen molar-refractivity contribution in [2.24, 2.45) is 0 Å². The number of rotatable bonds is 7. The molecule has 0 saturated carbocycles. The average molecular weight is 303 g/mol. The lowest BCUT2D eigenvalue weighted by Gasteiger charge is -2.20. The molecule has 0 amide bonds. The van der Waals surface area contributed by atoms with Crippen molar-refractivity contribution in [3.63, 3.8) is 0 Å². The number of nitrogens with zero attached hydrogens (tertiary/aromatic N) is 3. The van der Waals surface area contributed by atoms with Crippen molar-refractivity contribution in [2.45, 2.75) is 32.9 Å². The van der Waals surface area contributed by atoms with E-state index in [1.54, 1.807) is 4.68 Å². The lowest BCUT2D eigenvalue weighted by molar-refractivity contribution is 0.120. The minimum Gasteiger partial charge on any atom is -0.399 e. The summed E-state index contributed by atoms with van der Waals surface area (Å²) in [6, 6.07) is 7.61. The van der Waals surface area contributed by atoms with Crippen molar-refractivity contribution in [3.8, 4) is 11.3 Å². The normalized spacial score (nSPS) is 11.8. The lowest BCUT2D eigenvalue weighted by atomic mass is 10.1. The van der Waals surface area contributed by atoms with Crippen LogP contribution in [-0.2, 0) is 11.3 Å². The highest BCUT2D eigenvalue weighted by atomic mass is 16.5. The summed E-state index contributed by atoms with van der Waals surface area (Å²) >= 11 is 0. The molecule has 0 spiro atoms. The third-order valence-corrected chi connectivity index (χ3v) is 3.11. The number of hydrogen-bond acceptors (Lipinski definition) is 5. The molecular weight excluding hydrogens is 278 g/mol. The smallest absolute Gasteiger partial charge is 0.113 e. The molecule has 1 heterocycles. The van der Waals surface area contributed by atoms with Crippen LogP contribution in [0.5, 0.6) is 0 Å². The van der Waals surface area contributed by atoms with Gasteiger partial charge in [0.05, 0.1) is 26.0 Å². The third kappa shape index (κ3) is 5.46. The Bertz CT molecular complexity index is 571. The Morgan fingerprint density at radius 3 is 2.59 bits per heavy atom. The molecule has 0 bridgehead atoms. The fraction of sp³-hybridized carbons (Fsp3) is 0.500. The molecule has 6 heteroatoms. The van der Waals surface area contributed by atoms with Crippen LogP contribution < -0.4 is 11.1 Å². The summed E-state index contributed by atoms with van der Waals surface area (Å²) in [5, 5.41) is 11.7. The summed E-state index contributed by atoms with van der Waals surface area (Å²) in [5.74, 6) is 0. The Balaban J connectivity index is 1.72. The average Bonchev–Trinajstić information content (AvgIpc) is 2.91. The van der Waals surface area contributed by atoms with Crippen molar-refractivity contribution in [2.75, 3.05) is 25.5 Å². The number of hydrogen-bond donors (Lipinski definition) is 2. The largest absolute Gasteiger partial charge is 0.399 e. The van der Waals surface area contributed by atoms with E-state index in [9.17, 15) is 0 Å². The summed E-state index contributed by atoms with van der Waals surface area (Å²) < 4.78 is 7.39. The van der Waals surface area contributed by atoms with E-state index >= 15 is 0 Å². The summed E-state index contributed by atoms with van der Waals surface area (Å²) in [7, 11) is 0. The molecule has 0 atom stereocenters. The first kappa shape index (κ1) is 16.5. The maximum atomic E-state index is 5.68. The van der Waals surface area contributed by atoms with Crippen LogP contribution in [0.2, 0.25) is 0 Å². The first-order valence-corrected chi connectivity index (χ1v) is 7.53. The first-order chi connectivity index (χ1) is 10.4. The SMILES string of the molecule is CC(C)(C)NCCOCCn1cc(-c2ccc(N)cc2)nn1. The number of nitrogen functional groups attached to an aromatic ring is 1. The highest BCUT2D eigenvalue weighted by Gasteiger charge is 2.07. The molecule has 3 N–H and O–H groups in total. The van der Waals surface area contributed by atoms with Gasteiger partial charge in [0, 0.05) is 23.3 Å².